The highest BCUT2D eigenvalue weighted by Crippen LogP contribution is 2.48. The predicted molar refractivity (Wildman–Crippen MR) is 119 cm³/mol. The molecule has 1 aliphatic heterocycles. The highest BCUT2D eigenvalue weighted by Gasteiger charge is 2.42. The number of aliphatic hydroxyl groups is 1. The van der Waals surface area contributed by atoms with Crippen LogP contribution in [0.4, 0.5) is 0 Å². The number of piperidine rings is 1. The lowest BCUT2D eigenvalue weighted by atomic mass is 9.63. The molecule has 0 unspecified atom stereocenters. The van der Waals surface area contributed by atoms with Gasteiger partial charge < -0.3 is 15.3 Å². The maximum atomic E-state index is 12.2. The summed E-state index contributed by atoms with van der Waals surface area (Å²) in [4.78, 5) is 14.9. The number of carbonyl (C=O) groups is 1. The normalized spacial score (nSPS) is 23.2. The van der Waals surface area contributed by atoms with Gasteiger partial charge in [0, 0.05) is 2.85 Å². The van der Waals surface area contributed by atoms with Gasteiger partial charge in [0.1, 0.15) is 0 Å². The van der Waals surface area contributed by atoms with Crippen molar-refractivity contribution >= 4 is 5.91 Å². The van der Waals surface area contributed by atoms with Gasteiger partial charge in [-0.15, -0.1) is 0 Å². The lowest BCUT2D eigenvalue weighted by Crippen LogP contribution is -2.46. The molecule has 4 nitrogen and oxygen atoms in total. The summed E-state index contributed by atoms with van der Waals surface area (Å²) in [5.74, 6) is -0.0530. The molecule has 3 rings (SSSR count). The van der Waals surface area contributed by atoms with Crippen LogP contribution < -0.4 is 5.32 Å². The van der Waals surface area contributed by atoms with E-state index < -0.39 is 6.10 Å². The van der Waals surface area contributed by atoms with E-state index in [4.69, 9.17) is 0 Å². The summed E-state index contributed by atoms with van der Waals surface area (Å²) in [6.45, 7) is 12.2. The molecule has 28 heavy (non-hydrogen) atoms. The number of carbonyl (C=O) groups excluding carboxylic acids is 1. The van der Waals surface area contributed by atoms with E-state index >= 15 is 0 Å². The van der Waals surface area contributed by atoms with Gasteiger partial charge in [0.15, 0.2) is 0 Å². The molecule has 1 aliphatic carbocycles. The third kappa shape index (κ3) is 5.15. The van der Waals surface area contributed by atoms with Crippen LogP contribution in [0.25, 0.3) is 0 Å². The summed E-state index contributed by atoms with van der Waals surface area (Å²) in [6, 6.07) is 8.78. The number of hydrogen-bond acceptors (Lipinski definition) is 3. The second-order valence-corrected chi connectivity index (χ2v) is 10.2. The average molecular weight is 391 g/mol. The Morgan fingerprint density at radius 1 is 1.29 bits per heavy atom. The summed E-state index contributed by atoms with van der Waals surface area (Å²) in [6.07, 6.45) is 5.37. The molecule has 2 atom stereocenters. The van der Waals surface area contributed by atoms with Gasteiger partial charge in [-0.25, -0.2) is 0 Å². The highest BCUT2D eigenvalue weighted by molar-refractivity contribution is 5.77. The Kier molecular flexibility index (Phi) is 6.51. The maximum Gasteiger partial charge on any atom is 0.223 e. The fourth-order valence-electron chi connectivity index (χ4n) is 4.88. The monoisotopic (exact) mass is 390 g/mol. The molecular formula is C24H42N2O2. The smallest absolute Gasteiger partial charge is 0.223 e. The van der Waals surface area contributed by atoms with Crippen LogP contribution in [0.3, 0.4) is 0 Å². The summed E-state index contributed by atoms with van der Waals surface area (Å²) >= 11 is 0. The van der Waals surface area contributed by atoms with Crippen molar-refractivity contribution in [2.24, 2.45) is 5.41 Å². The number of likely N-dealkylation sites (tertiary alicyclic amines) is 1. The summed E-state index contributed by atoms with van der Waals surface area (Å²) < 4.78 is 0. The zero-order chi connectivity index (χ0) is 20.4. The van der Waals surface area contributed by atoms with E-state index in [0.717, 1.165) is 12.8 Å². The maximum absolute atomic E-state index is 12.2. The van der Waals surface area contributed by atoms with Crippen LogP contribution >= 0.6 is 0 Å². The SMILES string of the molecule is C[C@@H](O)CC(=O)N[C@@H]1CCC2(CCN(CCC(C)(C)C)CC2)c2ccccc21.[HH].[HH]. The van der Waals surface area contributed by atoms with Gasteiger partial charge in [-0.3, -0.25) is 4.79 Å². The zero-order valence-electron chi connectivity index (χ0n) is 18.1. The second-order valence-electron chi connectivity index (χ2n) is 10.2. The van der Waals surface area contributed by atoms with Crippen molar-refractivity contribution in [3.05, 3.63) is 35.4 Å². The Morgan fingerprint density at radius 3 is 2.61 bits per heavy atom. The first kappa shape index (κ1) is 21.3. The summed E-state index contributed by atoms with van der Waals surface area (Å²) in [7, 11) is 0. The molecule has 1 aromatic rings. The Morgan fingerprint density at radius 2 is 1.96 bits per heavy atom. The zero-order valence-corrected chi connectivity index (χ0v) is 18.1. The lowest BCUT2D eigenvalue weighted by molar-refractivity contribution is -0.123. The van der Waals surface area contributed by atoms with Crippen LogP contribution in [0.1, 0.15) is 86.2 Å². The molecule has 1 amide bonds. The van der Waals surface area contributed by atoms with E-state index in [-0.39, 0.29) is 26.6 Å². The number of fused-ring (bicyclic) bond motifs is 2. The first-order valence-electron chi connectivity index (χ1n) is 11.0. The topological polar surface area (TPSA) is 52.6 Å². The number of amides is 1. The number of benzene rings is 1. The quantitative estimate of drug-likeness (QED) is 0.768. The van der Waals surface area contributed by atoms with Crippen molar-refractivity contribution in [3.8, 4) is 0 Å². The largest absolute Gasteiger partial charge is 0.393 e. The van der Waals surface area contributed by atoms with Gasteiger partial charge in [0.05, 0.1) is 18.6 Å². The Hall–Kier alpha value is -1.39. The van der Waals surface area contributed by atoms with E-state index in [0.29, 0.717) is 5.41 Å². The summed E-state index contributed by atoms with van der Waals surface area (Å²) in [5, 5.41) is 12.7. The molecule has 2 N–H and O–H groups in total. The molecule has 160 valence electrons. The van der Waals surface area contributed by atoms with E-state index in [2.05, 4.69) is 55.3 Å². The predicted octanol–water partition coefficient (Wildman–Crippen LogP) is 4.67. The third-order valence-corrected chi connectivity index (χ3v) is 6.63. The lowest BCUT2D eigenvalue weighted by Gasteiger charge is -2.47. The second kappa shape index (κ2) is 8.54. The van der Waals surface area contributed by atoms with Crippen molar-refractivity contribution in [1.82, 2.24) is 10.2 Å². The standard InChI is InChI=1S/C24H38N2O2.2H2/c1-18(27)17-22(28)25-21-9-10-24(20-8-6-5-7-19(20)21)12-15-26(16-13-24)14-11-23(2,3)4;;/h5-8,18,21,27H,9-17H2,1-4H3,(H,25,28);2*1H/t18-,21-;;/m1../s1. The minimum Gasteiger partial charge on any atom is -0.393 e. The summed E-state index contributed by atoms with van der Waals surface area (Å²) in [5.41, 5.74) is 3.39. The van der Waals surface area contributed by atoms with Crippen molar-refractivity contribution in [1.29, 1.82) is 0 Å². The van der Waals surface area contributed by atoms with Crippen molar-refractivity contribution in [2.75, 3.05) is 19.6 Å². The molecule has 1 spiro atoms. The van der Waals surface area contributed by atoms with Crippen molar-refractivity contribution in [3.63, 3.8) is 0 Å². The molecule has 0 saturated carbocycles. The van der Waals surface area contributed by atoms with Crippen molar-refractivity contribution < 1.29 is 12.8 Å². The minimum absolute atomic E-state index is 0. The van der Waals surface area contributed by atoms with Crippen LogP contribution in [0, 0.1) is 5.41 Å². The molecule has 0 bridgehead atoms. The molecule has 2 aliphatic rings. The highest BCUT2D eigenvalue weighted by atomic mass is 16.3. The van der Waals surface area contributed by atoms with E-state index in [1.54, 1.807) is 6.92 Å². The molecule has 1 heterocycles. The van der Waals surface area contributed by atoms with Gasteiger partial charge in [0.2, 0.25) is 5.91 Å². The third-order valence-electron chi connectivity index (χ3n) is 6.63. The Balaban J connectivity index is 0.00000225. The van der Waals surface area contributed by atoms with Crippen molar-refractivity contribution in [2.45, 2.75) is 83.8 Å². The van der Waals surface area contributed by atoms with Crippen LogP contribution in [0.2, 0.25) is 0 Å². The first-order valence-corrected chi connectivity index (χ1v) is 11.0. The first-order chi connectivity index (χ1) is 13.2. The van der Waals surface area contributed by atoms with Crippen LogP contribution in [-0.4, -0.2) is 41.7 Å². The number of nitrogens with zero attached hydrogens (tertiary/aromatic N) is 1. The van der Waals surface area contributed by atoms with Gasteiger partial charge in [0.25, 0.3) is 0 Å². The minimum atomic E-state index is -0.595. The molecular weight excluding hydrogens is 348 g/mol. The molecule has 1 aromatic carbocycles. The molecule has 0 radical (unpaired) electrons. The fourth-order valence-corrected chi connectivity index (χ4v) is 4.88. The van der Waals surface area contributed by atoms with E-state index in [1.165, 1.54) is 50.0 Å². The van der Waals surface area contributed by atoms with E-state index in [1.807, 2.05) is 0 Å². The van der Waals surface area contributed by atoms with Crippen LogP contribution in [0.15, 0.2) is 24.3 Å². The molecule has 1 saturated heterocycles. The number of nitrogens with one attached hydrogen (secondary N) is 1. The van der Waals surface area contributed by atoms with E-state index in [9.17, 15) is 9.90 Å². The van der Waals surface area contributed by atoms with Crippen LogP contribution in [-0.2, 0) is 10.2 Å². The van der Waals surface area contributed by atoms with Gasteiger partial charge in [-0.05, 0) is 80.6 Å². The average Bonchev–Trinajstić information content (AvgIpc) is 2.63. The Bertz CT molecular complexity index is 680. The number of rotatable bonds is 5. The van der Waals surface area contributed by atoms with Gasteiger partial charge >= 0.3 is 0 Å². The number of hydrogen-bond donors (Lipinski definition) is 2. The fraction of sp³-hybridized carbons (Fsp3) is 0.708. The molecule has 0 aromatic heterocycles. The Labute approximate surface area is 173 Å². The molecule has 4 heteroatoms. The van der Waals surface area contributed by atoms with Gasteiger partial charge in [-0.1, -0.05) is 45.0 Å². The van der Waals surface area contributed by atoms with Crippen LogP contribution in [0.5, 0.6) is 0 Å². The van der Waals surface area contributed by atoms with Gasteiger partial charge in [-0.2, -0.15) is 0 Å². The molecule has 1 fully saturated rings. The number of aliphatic hydroxyl groups excluding tert-OH is 1.